The van der Waals surface area contributed by atoms with Gasteiger partial charge < -0.3 is 9.80 Å². The molecular formula is C15H18N2O2. The van der Waals surface area contributed by atoms with Crippen LogP contribution in [-0.2, 0) is 9.59 Å². The Bertz CT molecular complexity index is 552. The van der Waals surface area contributed by atoms with Crippen molar-refractivity contribution >= 4 is 11.8 Å². The molecule has 0 aromatic rings. The number of hydrogen-bond acceptors (Lipinski definition) is 2. The van der Waals surface area contributed by atoms with Crippen molar-refractivity contribution in [3.8, 4) is 0 Å². The molecule has 2 aliphatic carbocycles. The van der Waals surface area contributed by atoms with E-state index in [1.165, 1.54) is 0 Å². The SMILES string of the molecule is CN1C=C[C@@H]2[C@@H]3C=CC(=O)N(C)[C@@]34CCC[C@@]24C1=O. The van der Waals surface area contributed by atoms with E-state index in [-0.39, 0.29) is 28.7 Å². The Balaban J connectivity index is 1.94. The van der Waals surface area contributed by atoms with Gasteiger partial charge in [-0.2, -0.15) is 0 Å². The number of carbonyl (C=O) groups excluding carboxylic acids is 2. The summed E-state index contributed by atoms with van der Waals surface area (Å²) in [6, 6.07) is 0. The maximum absolute atomic E-state index is 12.8. The number of amides is 2. The average Bonchev–Trinajstić information content (AvgIpc) is 2.69. The predicted molar refractivity (Wildman–Crippen MR) is 69.8 cm³/mol. The van der Waals surface area contributed by atoms with Crippen LogP contribution in [0.4, 0.5) is 0 Å². The van der Waals surface area contributed by atoms with Crippen molar-refractivity contribution in [3.63, 3.8) is 0 Å². The van der Waals surface area contributed by atoms with Gasteiger partial charge in [0.1, 0.15) is 0 Å². The molecule has 0 aromatic carbocycles. The maximum Gasteiger partial charge on any atom is 0.246 e. The molecule has 4 heteroatoms. The number of rotatable bonds is 0. The fourth-order valence-corrected chi connectivity index (χ4v) is 5.29. The van der Waals surface area contributed by atoms with Crippen LogP contribution in [0.5, 0.6) is 0 Å². The summed E-state index contributed by atoms with van der Waals surface area (Å²) in [5.74, 6) is 0.821. The van der Waals surface area contributed by atoms with Gasteiger partial charge in [-0.25, -0.2) is 0 Å². The van der Waals surface area contributed by atoms with Crippen LogP contribution in [0.1, 0.15) is 19.3 Å². The smallest absolute Gasteiger partial charge is 0.246 e. The molecule has 4 atom stereocenters. The van der Waals surface area contributed by atoms with Crippen molar-refractivity contribution in [2.75, 3.05) is 14.1 Å². The highest BCUT2D eigenvalue weighted by Gasteiger charge is 2.79. The lowest BCUT2D eigenvalue weighted by Gasteiger charge is -2.69. The molecule has 100 valence electrons. The zero-order valence-corrected chi connectivity index (χ0v) is 11.3. The van der Waals surface area contributed by atoms with E-state index in [9.17, 15) is 9.59 Å². The summed E-state index contributed by atoms with van der Waals surface area (Å²) in [5, 5.41) is 0. The number of likely N-dealkylation sites (N-methyl/N-ethyl adjacent to an activating group) is 1. The lowest BCUT2D eigenvalue weighted by molar-refractivity contribution is -0.197. The van der Waals surface area contributed by atoms with E-state index in [2.05, 4.69) is 6.08 Å². The van der Waals surface area contributed by atoms with E-state index in [0.29, 0.717) is 5.92 Å². The molecule has 2 aliphatic heterocycles. The van der Waals surface area contributed by atoms with E-state index in [0.717, 1.165) is 19.3 Å². The topological polar surface area (TPSA) is 40.6 Å². The standard InChI is InChI=1S/C15H18N2O2/c1-16-9-6-10-11-4-5-12(18)17(2)15(11)8-3-7-14(10,15)13(16)19/h4-6,9-11H,3,7-8H2,1-2H3/t10-,11+,14+,15+/m1/s1. The van der Waals surface area contributed by atoms with Gasteiger partial charge in [-0.1, -0.05) is 12.2 Å². The van der Waals surface area contributed by atoms with Gasteiger partial charge in [0.25, 0.3) is 0 Å². The Hall–Kier alpha value is -1.58. The monoisotopic (exact) mass is 258 g/mol. The third kappa shape index (κ3) is 0.905. The molecule has 0 saturated heterocycles. The highest BCUT2D eigenvalue weighted by Crippen LogP contribution is 2.72. The Morgan fingerprint density at radius 1 is 1.16 bits per heavy atom. The quantitative estimate of drug-likeness (QED) is 0.654. The highest BCUT2D eigenvalue weighted by molar-refractivity contribution is 5.95. The summed E-state index contributed by atoms with van der Waals surface area (Å²) >= 11 is 0. The lowest BCUT2D eigenvalue weighted by atomic mass is 9.41. The van der Waals surface area contributed by atoms with Crippen LogP contribution >= 0.6 is 0 Å². The second-order valence-electron chi connectivity index (χ2n) is 6.31. The zero-order valence-electron chi connectivity index (χ0n) is 11.3. The number of carbonyl (C=O) groups is 2. The number of nitrogens with zero attached hydrogens (tertiary/aromatic N) is 2. The fraction of sp³-hybridized carbons (Fsp3) is 0.600. The Morgan fingerprint density at radius 3 is 2.74 bits per heavy atom. The molecule has 2 fully saturated rings. The third-order valence-corrected chi connectivity index (χ3v) is 6.00. The van der Waals surface area contributed by atoms with Gasteiger partial charge in [-0.3, -0.25) is 9.59 Å². The predicted octanol–water partition coefficient (Wildman–Crippen LogP) is 1.16. The van der Waals surface area contributed by atoms with Crippen LogP contribution in [0, 0.1) is 17.3 Å². The molecule has 19 heavy (non-hydrogen) atoms. The van der Waals surface area contributed by atoms with E-state index >= 15 is 0 Å². The molecule has 2 amide bonds. The Kier molecular flexibility index (Phi) is 1.84. The van der Waals surface area contributed by atoms with Crippen molar-refractivity contribution in [1.82, 2.24) is 9.80 Å². The molecular weight excluding hydrogens is 240 g/mol. The molecule has 0 aromatic heterocycles. The normalized spacial score (nSPS) is 46.8. The number of allylic oxidation sites excluding steroid dienone is 1. The molecule has 4 rings (SSSR count). The number of hydrogen-bond donors (Lipinski definition) is 0. The van der Waals surface area contributed by atoms with E-state index < -0.39 is 0 Å². The lowest BCUT2D eigenvalue weighted by Crippen LogP contribution is -2.79. The van der Waals surface area contributed by atoms with Crippen molar-refractivity contribution in [1.29, 1.82) is 0 Å². The van der Waals surface area contributed by atoms with Crippen molar-refractivity contribution < 1.29 is 9.59 Å². The van der Waals surface area contributed by atoms with Gasteiger partial charge in [0.2, 0.25) is 11.8 Å². The third-order valence-electron chi connectivity index (χ3n) is 6.00. The highest BCUT2D eigenvalue weighted by atomic mass is 16.2. The molecule has 0 N–H and O–H groups in total. The first-order valence-electron chi connectivity index (χ1n) is 6.97. The van der Waals surface area contributed by atoms with E-state index in [4.69, 9.17) is 0 Å². The minimum Gasteiger partial charge on any atom is -0.335 e. The minimum absolute atomic E-state index is 0.0426. The minimum atomic E-state index is -0.365. The summed E-state index contributed by atoms with van der Waals surface area (Å²) < 4.78 is 0. The van der Waals surface area contributed by atoms with Crippen LogP contribution in [0.3, 0.4) is 0 Å². The van der Waals surface area contributed by atoms with Gasteiger partial charge in [-0.05, 0) is 25.3 Å². The first-order valence-corrected chi connectivity index (χ1v) is 6.97. The summed E-state index contributed by atoms with van der Waals surface area (Å²) in [5.41, 5.74) is -0.629. The van der Waals surface area contributed by atoms with E-state index in [1.54, 1.807) is 11.0 Å². The molecule has 0 unspecified atom stereocenters. The van der Waals surface area contributed by atoms with Crippen LogP contribution in [-0.4, -0.2) is 41.2 Å². The van der Waals surface area contributed by atoms with Gasteiger partial charge in [0.05, 0.1) is 11.0 Å². The van der Waals surface area contributed by atoms with Crippen LogP contribution < -0.4 is 0 Å². The van der Waals surface area contributed by atoms with E-state index in [1.807, 2.05) is 31.3 Å². The zero-order chi connectivity index (χ0) is 13.4. The van der Waals surface area contributed by atoms with Crippen molar-refractivity contribution in [3.05, 3.63) is 24.4 Å². The van der Waals surface area contributed by atoms with Crippen LogP contribution in [0.25, 0.3) is 0 Å². The molecule has 2 heterocycles. The molecule has 2 saturated carbocycles. The first kappa shape index (κ1) is 11.3. The largest absolute Gasteiger partial charge is 0.335 e. The summed E-state index contributed by atoms with van der Waals surface area (Å²) in [6.45, 7) is 0. The van der Waals surface area contributed by atoms with Gasteiger partial charge in [-0.15, -0.1) is 0 Å². The van der Waals surface area contributed by atoms with Crippen molar-refractivity contribution in [2.45, 2.75) is 24.8 Å². The van der Waals surface area contributed by atoms with Crippen LogP contribution in [0.15, 0.2) is 24.4 Å². The summed E-state index contributed by atoms with van der Waals surface area (Å²) in [4.78, 5) is 28.4. The molecule has 4 aliphatic rings. The first-order chi connectivity index (χ1) is 9.05. The molecule has 0 bridgehead atoms. The van der Waals surface area contributed by atoms with Crippen LogP contribution in [0.2, 0.25) is 0 Å². The Morgan fingerprint density at radius 2 is 1.95 bits per heavy atom. The molecule has 2 spiro atoms. The molecule has 4 nitrogen and oxygen atoms in total. The van der Waals surface area contributed by atoms with Gasteiger partial charge >= 0.3 is 0 Å². The average molecular weight is 258 g/mol. The van der Waals surface area contributed by atoms with Gasteiger partial charge in [0.15, 0.2) is 0 Å². The summed E-state index contributed by atoms with van der Waals surface area (Å²) in [6.07, 6.45) is 10.7. The second kappa shape index (κ2) is 3.11. The maximum atomic E-state index is 12.8. The fourth-order valence-electron chi connectivity index (χ4n) is 5.29. The van der Waals surface area contributed by atoms with Gasteiger partial charge in [0, 0.05) is 32.1 Å². The summed E-state index contributed by atoms with van der Waals surface area (Å²) in [7, 11) is 3.69. The van der Waals surface area contributed by atoms with Crippen molar-refractivity contribution in [2.24, 2.45) is 17.3 Å². The number of fused-ring (bicyclic) bond motifs is 1. The second-order valence-corrected chi connectivity index (χ2v) is 6.31. The Labute approximate surface area is 112 Å². The molecule has 0 radical (unpaired) electrons.